The van der Waals surface area contributed by atoms with Gasteiger partial charge in [-0.25, -0.2) is 0 Å². The molecule has 2 rings (SSSR count). The van der Waals surface area contributed by atoms with E-state index >= 15 is 0 Å². The van der Waals surface area contributed by atoms with E-state index in [4.69, 9.17) is 16.3 Å². The Kier molecular flexibility index (Phi) is 7.02. The number of morpholine rings is 1. The van der Waals surface area contributed by atoms with Gasteiger partial charge in [0.15, 0.2) is 0 Å². The quantitative estimate of drug-likeness (QED) is 0.822. The zero-order valence-corrected chi connectivity index (χ0v) is 14.9. The van der Waals surface area contributed by atoms with Gasteiger partial charge in [0.2, 0.25) is 5.91 Å². The molecule has 1 aromatic rings. The zero-order chi connectivity index (χ0) is 17.5. The molecule has 1 fully saturated rings. The molecule has 0 spiro atoms. The van der Waals surface area contributed by atoms with E-state index < -0.39 is 0 Å². The first kappa shape index (κ1) is 18.7. The Morgan fingerprint density at radius 3 is 2.71 bits per heavy atom. The lowest BCUT2D eigenvalue weighted by Crippen LogP contribution is -2.40. The summed E-state index contributed by atoms with van der Waals surface area (Å²) >= 11 is 6.11. The average molecular weight is 354 g/mol. The number of hydrogen-bond acceptors (Lipinski definition) is 4. The monoisotopic (exact) mass is 353 g/mol. The number of nitrogens with one attached hydrogen (secondary N) is 2. The van der Waals surface area contributed by atoms with Gasteiger partial charge >= 0.3 is 0 Å². The van der Waals surface area contributed by atoms with E-state index in [-0.39, 0.29) is 17.9 Å². The fourth-order valence-electron chi connectivity index (χ4n) is 2.56. The van der Waals surface area contributed by atoms with Crippen LogP contribution in [0.3, 0.4) is 0 Å². The van der Waals surface area contributed by atoms with Gasteiger partial charge in [-0.2, -0.15) is 0 Å². The van der Waals surface area contributed by atoms with Gasteiger partial charge in [0.1, 0.15) is 0 Å². The van der Waals surface area contributed by atoms with Gasteiger partial charge in [-0.15, -0.1) is 0 Å². The maximum atomic E-state index is 12.4. The summed E-state index contributed by atoms with van der Waals surface area (Å²) in [5.41, 5.74) is 0.916. The highest BCUT2D eigenvalue weighted by Crippen LogP contribution is 2.21. The zero-order valence-electron chi connectivity index (χ0n) is 14.1. The Balaban J connectivity index is 1.89. The van der Waals surface area contributed by atoms with Crippen molar-refractivity contribution in [3.63, 3.8) is 0 Å². The van der Waals surface area contributed by atoms with Crippen LogP contribution < -0.4 is 10.6 Å². The normalized spacial score (nSPS) is 16.5. The van der Waals surface area contributed by atoms with Gasteiger partial charge in [-0.1, -0.05) is 11.6 Å². The number of halogens is 1. The SMILES string of the molecule is CC(=O)Nc1ccc(Cl)c(C(=O)N[C@H](C)CCN2CCOCC2)c1. The van der Waals surface area contributed by atoms with Crippen molar-refractivity contribution in [2.75, 3.05) is 38.2 Å². The number of ether oxygens (including phenoxy) is 1. The van der Waals surface area contributed by atoms with Crippen LogP contribution in [0.5, 0.6) is 0 Å². The molecule has 0 aliphatic carbocycles. The van der Waals surface area contributed by atoms with E-state index in [2.05, 4.69) is 15.5 Å². The first-order chi connectivity index (χ1) is 11.5. The molecule has 1 aliphatic heterocycles. The van der Waals surface area contributed by atoms with Crippen LogP contribution in [-0.4, -0.2) is 55.6 Å². The predicted octanol–water partition coefficient (Wildman–Crippen LogP) is 2.14. The van der Waals surface area contributed by atoms with Gasteiger partial charge in [0, 0.05) is 38.3 Å². The fraction of sp³-hybridized carbons (Fsp3) is 0.529. The molecule has 1 atom stereocenters. The van der Waals surface area contributed by atoms with E-state index in [1.807, 2.05) is 6.92 Å². The molecule has 0 bridgehead atoms. The Morgan fingerprint density at radius 2 is 2.04 bits per heavy atom. The topological polar surface area (TPSA) is 70.7 Å². The van der Waals surface area contributed by atoms with E-state index in [1.165, 1.54) is 6.92 Å². The first-order valence-electron chi connectivity index (χ1n) is 8.14. The molecule has 2 N–H and O–H groups in total. The average Bonchev–Trinajstić information content (AvgIpc) is 2.55. The highest BCUT2D eigenvalue weighted by atomic mass is 35.5. The predicted molar refractivity (Wildman–Crippen MR) is 94.6 cm³/mol. The molecule has 0 unspecified atom stereocenters. The van der Waals surface area contributed by atoms with Gasteiger partial charge < -0.3 is 15.4 Å². The highest BCUT2D eigenvalue weighted by Gasteiger charge is 2.16. The van der Waals surface area contributed by atoms with Crippen LogP contribution >= 0.6 is 11.6 Å². The molecule has 2 amide bonds. The van der Waals surface area contributed by atoms with Crippen molar-refractivity contribution in [3.05, 3.63) is 28.8 Å². The summed E-state index contributed by atoms with van der Waals surface area (Å²) in [6.07, 6.45) is 0.856. The maximum Gasteiger partial charge on any atom is 0.253 e. The minimum absolute atomic E-state index is 0.0285. The van der Waals surface area contributed by atoms with Crippen molar-refractivity contribution >= 4 is 29.1 Å². The molecule has 132 valence electrons. The number of amides is 2. The summed E-state index contributed by atoms with van der Waals surface area (Å²) in [6, 6.07) is 4.90. The third-order valence-corrected chi connectivity index (χ3v) is 4.22. The van der Waals surface area contributed by atoms with Crippen molar-refractivity contribution in [1.82, 2.24) is 10.2 Å². The van der Waals surface area contributed by atoms with Crippen LogP contribution in [0.2, 0.25) is 5.02 Å². The number of nitrogens with zero attached hydrogens (tertiary/aromatic N) is 1. The van der Waals surface area contributed by atoms with E-state index in [9.17, 15) is 9.59 Å². The molecule has 0 saturated carbocycles. The molecule has 6 nitrogen and oxygen atoms in total. The standard InChI is InChI=1S/C17H24ClN3O3/c1-12(5-6-21-7-9-24-10-8-21)19-17(23)15-11-14(20-13(2)22)3-4-16(15)18/h3-4,11-12H,5-10H2,1-2H3,(H,19,23)(H,20,22)/t12-/m1/s1. The van der Waals surface area contributed by atoms with Gasteiger partial charge in [0.05, 0.1) is 23.8 Å². The highest BCUT2D eigenvalue weighted by molar-refractivity contribution is 6.34. The Bertz CT molecular complexity index is 588. The second-order valence-corrected chi connectivity index (χ2v) is 6.40. The summed E-state index contributed by atoms with van der Waals surface area (Å²) in [7, 11) is 0. The summed E-state index contributed by atoms with van der Waals surface area (Å²) in [4.78, 5) is 25.9. The molecule has 1 aromatic carbocycles. The Hall–Kier alpha value is -1.63. The lowest BCUT2D eigenvalue weighted by molar-refractivity contribution is -0.114. The van der Waals surface area contributed by atoms with Crippen LogP contribution in [0.25, 0.3) is 0 Å². The molecular weight excluding hydrogens is 330 g/mol. The molecule has 1 saturated heterocycles. The minimum Gasteiger partial charge on any atom is -0.379 e. The van der Waals surface area contributed by atoms with Crippen molar-refractivity contribution in [3.8, 4) is 0 Å². The number of carbonyl (C=O) groups is 2. The van der Waals surface area contributed by atoms with Crippen molar-refractivity contribution < 1.29 is 14.3 Å². The third-order valence-electron chi connectivity index (χ3n) is 3.89. The minimum atomic E-state index is -0.235. The molecule has 0 aromatic heterocycles. The molecule has 24 heavy (non-hydrogen) atoms. The number of benzene rings is 1. The summed E-state index contributed by atoms with van der Waals surface area (Å²) in [5, 5.41) is 5.98. The third kappa shape index (κ3) is 5.78. The van der Waals surface area contributed by atoms with Gasteiger partial charge in [-0.3, -0.25) is 14.5 Å². The maximum absolute atomic E-state index is 12.4. The summed E-state index contributed by atoms with van der Waals surface area (Å²) in [5.74, 6) is -0.427. The van der Waals surface area contributed by atoms with E-state index in [0.717, 1.165) is 39.3 Å². The second kappa shape index (κ2) is 9.01. The number of carbonyl (C=O) groups excluding carboxylic acids is 2. The van der Waals surface area contributed by atoms with Crippen LogP contribution in [0.15, 0.2) is 18.2 Å². The molecule has 0 radical (unpaired) electrons. The van der Waals surface area contributed by atoms with E-state index in [1.54, 1.807) is 18.2 Å². The molecule has 7 heteroatoms. The lowest BCUT2D eigenvalue weighted by atomic mass is 10.1. The van der Waals surface area contributed by atoms with Crippen molar-refractivity contribution in [2.24, 2.45) is 0 Å². The Labute approximate surface area is 147 Å². The lowest BCUT2D eigenvalue weighted by Gasteiger charge is -2.27. The van der Waals surface area contributed by atoms with Gasteiger partial charge in [0.25, 0.3) is 5.91 Å². The van der Waals surface area contributed by atoms with Gasteiger partial charge in [-0.05, 0) is 31.5 Å². The summed E-state index contributed by atoms with van der Waals surface area (Å²) < 4.78 is 5.32. The van der Waals surface area contributed by atoms with Crippen LogP contribution in [0.1, 0.15) is 30.6 Å². The second-order valence-electron chi connectivity index (χ2n) is 5.99. The van der Waals surface area contributed by atoms with Crippen LogP contribution in [0, 0.1) is 0 Å². The van der Waals surface area contributed by atoms with Crippen LogP contribution in [-0.2, 0) is 9.53 Å². The first-order valence-corrected chi connectivity index (χ1v) is 8.51. The number of anilines is 1. The molecular formula is C17H24ClN3O3. The van der Waals surface area contributed by atoms with Crippen LogP contribution in [0.4, 0.5) is 5.69 Å². The molecule has 1 aliphatic rings. The Morgan fingerprint density at radius 1 is 1.33 bits per heavy atom. The van der Waals surface area contributed by atoms with Crippen molar-refractivity contribution in [2.45, 2.75) is 26.3 Å². The smallest absolute Gasteiger partial charge is 0.253 e. The van der Waals surface area contributed by atoms with Crippen molar-refractivity contribution in [1.29, 1.82) is 0 Å². The van der Waals surface area contributed by atoms with E-state index in [0.29, 0.717) is 16.3 Å². The molecule has 1 heterocycles. The summed E-state index contributed by atoms with van der Waals surface area (Å²) in [6.45, 7) is 7.73. The largest absolute Gasteiger partial charge is 0.379 e. The number of rotatable bonds is 6. The fourth-order valence-corrected chi connectivity index (χ4v) is 2.76. The number of hydrogen-bond donors (Lipinski definition) is 2.